The van der Waals surface area contributed by atoms with Crippen LogP contribution < -0.4 is 0 Å². The van der Waals surface area contributed by atoms with Gasteiger partial charge in [0.2, 0.25) is 11.8 Å². The molecule has 3 fully saturated rings. The summed E-state index contributed by atoms with van der Waals surface area (Å²) in [5, 5.41) is 10.1. The third kappa shape index (κ3) is 4.98. The van der Waals surface area contributed by atoms with Crippen molar-refractivity contribution in [3.63, 3.8) is 0 Å². The van der Waals surface area contributed by atoms with Crippen LogP contribution in [0.15, 0.2) is 34.7 Å². The maximum atomic E-state index is 13.1. The van der Waals surface area contributed by atoms with E-state index in [0.717, 1.165) is 31.2 Å². The van der Waals surface area contributed by atoms with Gasteiger partial charge in [-0.05, 0) is 58.4 Å². The minimum absolute atomic E-state index is 0.00542. The molecule has 4 heterocycles. The highest BCUT2D eigenvalue weighted by atomic mass is 16.7. The summed E-state index contributed by atoms with van der Waals surface area (Å²) >= 11 is 0. The fourth-order valence-corrected chi connectivity index (χ4v) is 5.02. The molecule has 10 nitrogen and oxygen atoms in total. The average molecular weight is 484 g/mol. The van der Waals surface area contributed by atoms with Gasteiger partial charge < -0.3 is 14.1 Å². The van der Waals surface area contributed by atoms with Crippen molar-refractivity contribution >= 4 is 12.1 Å². The summed E-state index contributed by atoms with van der Waals surface area (Å²) in [6.07, 6.45) is 3.73. The second kappa shape index (κ2) is 9.49. The molecular formula is C25H33N5O5. The van der Waals surface area contributed by atoms with E-state index in [0.29, 0.717) is 37.9 Å². The molecule has 0 aliphatic carbocycles. The molecule has 3 aliphatic rings. The van der Waals surface area contributed by atoms with E-state index in [-0.39, 0.29) is 30.2 Å². The van der Waals surface area contributed by atoms with Crippen molar-refractivity contribution in [2.45, 2.75) is 83.2 Å². The topological polar surface area (TPSA) is 101 Å². The normalized spacial score (nSPS) is 24.7. The van der Waals surface area contributed by atoms with Crippen LogP contribution in [-0.4, -0.2) is 61.9 Å². The van der Waals surface area contributed by atoms with Crippen LogP contribution in [0, 0.1) is 0 Å². The lowest BCUT2D eigenvalue weighted by Crippen LogP contribution is -2.42. The number of hydroxylamine groups is 2. The highest BCUT2D eigenvalue weighted by Gasteiger charge is 2.48. The zero-order valence-electron chi connectivity index (χ0n) is 20.6. The molecule has 3 saturated heterocycles. The number of ether oxygens (including phenoxy) is 1. The summed E-state index contributed by atoms with van der Waals surface area (Å²) in [4.78, 5) is 35.3. The number of likely N-dealkylation sites (tertiary alicyclic amines) is 1. The van der Waals surface area contributed by atoms with Gasteiger partial charge in [0.1, 0.15) is 24.3 Å². The van der Waals surface area contributed by atoms with Crippen molar-refractivity contribution in [2.75, 3.05) is 13.1 Å². The van der Waals surface area contributed by atoms with Gasteiger partial charge in [0.15, 0.2) is 0 Å². The van der Waals surface area contributed by atoms with Crippen molar-refractivity contribution in [3.8, 4) is 0 Å². The molecule has 10 heteroatoms. The number of benzene rings is 1. The molecule has 2 bridgehead atoms. The molecule has 1 aromatic carbocycles. The van der Waals surface area contributed by atoms with Crippen molar-refractivity contribution in [1.82, 2.24) is 25.1 Å². The first kappa shape index (κ1) is 23.6. The van der Waals surface area contributed by atoms with E-state index in [2.05, 4.69) is 10.2 Å². The van der Waals surface area contributed by atoms with Gasteiger partial charge >= 0.3 is 12.1 Å². The summed E-state index contributed by atoms with van der Waals surface area (Å²) in [6.45, 7) is 7.04. The number of carbonyl (C=O) groups excluding carboxylic acids is 2. The number of amides is 3. The van der Waals surface area contributed by atoms with Gasteiger partial charge in [-0.25, -0.2) is 9.59 Å². The second-order valence-electron chi connectivity index (χ2n) is 10.4. The maximum Gasteiger partial charge on any atom is 0.410 e. The Hall–Kier alpha value is -3.14. The molecule has 0 N–H and O–H groups in total. The van der Waals surface area contributed by atoms with Gasteiger partial charge in [-0.15, -0.1) is 10.2 Å². The van der Waals surface area contributed by atoms with Crippen LogP contribution in [-0.2, 0) is 16.2 Å². The third-order valence-corrected chi connectivity index (χ3v) is 6.69. The number of piperidine rings is 2. The Morgan fingerprint density at radius 2 is 1.80 bits per heavy atom. The smallest absolute Gasteiger partial charge is 0.410 e. The van der Waals surface area contributed by atoms with Gasteiger partial charge in [-0.1, -0.05) is 30.3 Å². The van der Waals surface area contributed by atoms with E-state index in [1.807, 2.05) is 51.1 Å². The maximum absolute atomic E-state index is 13.1. The number of fused-ring (bicyclic) bond motifs is 2. The molecule has 5 rings (SSSR count). The fraction of sp³-hybridized carbons (Fsp3) is 0.600. The summed E-state index contributed by atoms with van der Waals surface area (Å²) in [5.74, 6) is 0.808. The molecule has 0 saturated carbocycles. The number of urea groups is 1. The summed E-state index contributed by atoms with van der Waals surface area (Å²) in [5.41, 5.74) is 0.430. The van der Waals surface area contributed by atoms with Gasteiger partial charge in [-0.3, -0.25) is 9.74 Å². The number of nitrogens with zero attached hydrogens (tertiary/aromatic N) is 5. The van der Waals surface area contributed by atoms with Crippen LogP contribution in [0.5, 0.6) is 0 Å². The highest BCUT2D eigenvalue weighted by molar-refractivity contribution is 5.77. The van der Waals surface area contributed by atoms with Gasteiger partial charge in [0.25, 0.3) is 0 Å². The number of aromatic nitrogens is 2. The highest BCUT2D eigenvalue weighted by Crippen LogP contribution is 2.39. The molecule has 2 aromatic rings. The van der Waals surface area contributed by atoms with Gasteiger partial charge in [0.05, 0.1) is 6.04 Å². The lowest BCUT2D eigenvalue weighted by molar-refractivity contribution is -0.140. The van der Waals surface area contributed by atoms with E-state index in [1.54, 1.807) is 9.80 Å². The summed E-state index contributed by atoms with van der Waals surface area (Å²) < 4.78 is 11.7. The Morgan fingerprint density at radius 1 is 1.06 bits per heavy atom. The Bertz CT molecular complexity index is 1050. The molecule has 1 aromatic heterocycles. The van der Waals surface area contributed by atoms with Crippen LogP contribution in [0.1, 0.15) is 82.3 Å². The second-order valence-corrected chi connectivity index (χ2v) is 10.4. The lowest BCUT2D eigenvalue weighted by atomic mass is 10.0. The Kier molecular flexibility index (Phi) is 6.39. The van der Waals surface area contributed by atoms with Crippen molar-refractivity contribution < 1.29 is 23.6 Å². The predicted molar refractivity (Wildman–Crippen MR) is 125 cm³/mol. The molecular weight excluding hydrogens is 450 g/mol. The van der Waals surface area contributed by atoms with E-state index in [1.165, 1.54) is 5.06 Å². The predicted octanol–water partition coefficient (Wildman–Crippen LogP) is 4.60. The van der Waals surface area contributed by atoms with Crippen LogP contribution in [0.2, 0.25) is 0 Å². The minimum Gasteiger partial charge on any atom is -0.444 e. The average Bonchev–Trinajstić information content (AvgIpc) is 3.42. The van der Waals surface area contributed by atoms with E-state index < -0.39 is 5.60 Å². The van der Waals surface area contributed by atoms with Crippen LogP contribution in [0.3, 0.4) is 0 Å². The molecule has 188 valence electrons. The molecule has 0 radical (unpaired) electrons. The third-order valence-electron chi connectivity index (χ3n) is 6.69. The molecule has 3 atom stereocenters. The fourth-order valence-electron chi connectivity index (χ4n) is 5.02. The van der Waals surface area contributed by atoms with Crippen molar-refractivity contribution in [1.29, 1.82) is 0 Å². The lowest BCUT2D eigenvalue weighted by Gasteiger charge is -2.34. The Labute approximate surface area is 205 Å². The van der Waals surface area contributed by atoms with E-state index in [4.69, 9.17) is 14.0 Å². The molecule has 3 amide bonds. The SMILES string of the molecule is CC(C)(C)OC(=O)N1CCCC[C@@H]1c1nnc([C@@H]2CC[C@@H]3CN2C(=O)N3OCc2ccccc2)o1. The van der Waals surface area contributed by atoms with E-state index in [9.17, 15) is 9.59 Å². The standard InChI is InChI=1S/C25H33N5O5/c1-25(2,3)35-24(32)28-14-8-7-11-19(28)21-26-27-22(34-21)20-13-12-18-15-29(20)23(31)30(18)33-16-17-9-5-4-6-10-17/h4-6,9-10,18-20H,7-8,11-16H2,1-3H3/t18-,19-,20+/m1/s1. The molecule has 0 spiro atoms. The Morgan fingerprint density at radius 3 is 2.54 bits per heavy atom. The van der Waals surface area contributed by atoms with E-state index >= 15 is 0 Å². The summed E-state index contributed by atoms with van der Waals surface area (Å²) in [7, 11) is 0. The molecule has 35 heavy (non-hydrogen) atoms. The van der Waals surface area contributed by atoms with Gasteiger partial charge in [0, 0.05) is 13.1 Å². The summed E-state index contributed by atoms with van der Waals surface area (Å²) in [6, 6.07) is 9.00. The Balaban J connectivity index is 1.27. The van der Waals surface area contributed by atoms with Crippen molar-refractivity contribution in [2.24, 2.45) is 0 Å². The van der Waals surface area contributed by atoms with Crippen LogP contribution >= 0.6 is 0 Å². The number of hydrogen-bond acceptors (Lipinski definition) is 7. The number of rotatable bonds is 5. The van der Waals surface area contributed by atoms with Gasteiger partial charge in [-0.2, -0.15) is 5.06 Å². The zero-order chi connectivity index (χ0) is 24.6. The monoisotopic (exact) mass is 483 g/mol. The first-order valence-electron chi connectivity index (χ1n) is 12.4. The first-order valence-corrected chi connectivity index (χ1v) is 12.4. The largest absolute Gasteiger partial charge is 0.444 e. The molecule has 0 unspecified atom stereocenters. The van der Waals surface area contributed by atoms with Crippen molar-refractivity contribution in [3.05, 3.63) is 47.7 Å². The van der Waals surface area contributed by atoms with Crippen LogP contribution in [0.25, 0.3) is 0 Å². The molecule has 3 aliphatic heterocycles. The number of carbonyl (C=O) groups is 2. The van der Waals surface area contributed by atoms with Crippen LogP contribution in [0.4, 0.5) is 9.59 Å². The minimum atomic E-state index is -0.581. The quantitative estimate of drug-likeness (QED) is 0.612. The number of hydrogen-bond donors (Lipinski definition) is 0. The first-order chi connectivity index (χ1) is 16.8. The zero-order valence-corrected chi connectivity index (χ0v) is 20.6.